The summed E-state index contributed by atoms with van der Waals surface area (Å²) >= 11 is 5.95. The van der Waals surface area contributed by atoms with E-state index in [0.717, 1.165) is 23.1 Å². The maximum Gasteiger partial charge on any atom is 0.337 e. The molecule has 3 rings (SSSR count). The Morgan fingerprint density at radius 1 is 0.933 bits per heavy atom. The van der Waals surface area contributed by atoms with Gasteiger partial charge in [-0.3, -0.25) is 4.79 Å². The summed E-state index contributed by atoms with van der Waals surface area (Å²) in [6.07, 6.45) is 3.57. The van der Waals surface area contributed by atoms with Crippen LogP contribution in [-0.2, 0) is 17.6 Å². The summed E-state index contributed by atoms with van der Waals surface area (Å²) in [6.45, 7) is 2.19. The lowest BCUT2D eigenvalue weighted by Crippen LogP contribution is -2.16. The Balaban J connectivity index is 1.72. The molecule has 4 nitrogen and oxygen atoms in total. The highest BCUT2D eigenvalue weighted by molar-refractivity contribution is 6.31. The number of hydrogen-bond donors (Lipinski definition) is 2. The van der Waals surface area contributed by atoms with Gasteiger partial charge in [-0.2, -0.15) is 0 Å². The highest BCUT2D eigenvalue weighted by Gasteiger charge is 2.13. The summed E-state index contributed by atoms with van der Waals surface area (Å²) in [6, 6.07) is 20.6. The number of halogens is 1. The second-order valence-electron chi connectivity index (χ2n) is 7.22. The Kier molecular flexibility index (Phi) is 7.26. The van der Waals surface area contributed by atoms with Gasteiger partial charge in [0.05, 0.1) is 17.7 Å². The number of carboxylic acids is 1. The van der Waals surface area contributed by atoms with Crippen LogP contribution in [0.25, 0.3) is 11.1 Å². The van der Waals surface area contributed by atoms with Crippen molar-refractivity contribution in [3.05, 3.63) is 88.4 Å². The molecule has 0 aliphatic heterocycles. The van der Waals surface area contributed by atoms with Crippen LogP contribution in [-0.4, -0.2) is 17.0 Å². The van der Waals surface area contributed by atoms with Gasteiger partial charge in [0.25, 0.3) is 0 Å². The quantitative estimate of drug-likeness (QED) is 0.453. The van der Waals surface area contributed by atoms with Crippen molar-refractivity contribution >= 4 is 29.2 Å². The van der Waals surface area contributed by atoms with Gasteiger partial charge in [0.15, 0.2) is 0 Å². The molecule has 5 heteroatoms. The van der Waals surface area contributed by atoms with Gasteiger partial charge in [0.1, 0.15) is 0 Å². The number of amides is 1. The third-order valence-electron chi connectivity index (χ3n) is 4.88. The molecule has 30 heavy (non-hydrogen) atoms. The van der Waals surface area contributed by atoms with Crippen LogP contribution in [0.5, 0.6) is 0 Å². The summed E-state index contributed by atoms with van der Waals surface area (Å²) in [4.78, 5) is 23.9. The number of unbranched alkanes of at least 4 members (excludes halogenated alkanes) is 1. The van der Waals surface area contributed by atoms with E-state index >= 15 is 0 Å². The van der Waals surface area contributed by atoms with E-state index in [2.05, 4.69) is 36.5 Å². The largest absolute Gasteiger partial charge is 0.478 e. The molecule has 0 aromatic heterocycles. The van der Waals surface area contributed by atoms with E-state index in [-0.39, 0.29) is 23.6 Å². The molecule has 0 bridgehead atoms. The highest BCUT2D eigenvalue weighted by atomic mass is 35.5. The lowest BCUT2D eigenvalue weighted by atomic mass is 9.99. The number of carbonyl (C=O) groups excluding carboxylic acids is 1. The van der Waals surface area contributed by atoms with Crippen LogP contribution in [0.2, 0.25) is 5.02 Å². The molecule has 0 heterocycles. The first kappa shape index (κ1) is 21.6. The zero-order valence-electron chi connectivity index (χ0n) is 16.8. The molecule has 0 saturated heterocycles. The van der Waals surface area contributed by atoms with E-state index in [1.54, 1.807) is 0 Å². The Morgan fingerprint density at radius 2 is 1.70 bits per heavy atom. The van der Waals surface area contributed by atoms with Gasteiger partial charge in [-0.15, -0.1) is 0 Å². The van der Waals surface area contributed by atoms with E-state index in [9.17, 15) is 14.7 Å². The van der Waals surface area contributed by atoms with Crippen molar-refractivity contribution in [1.29, 1.82) is 0 Å². The molecule has 0 atom stereocenters. The third-order valence-corrected chi connectivity index (χ3v) is 5.12. The number of benzene rings is 3. The van der Waals surface area contributed by atoms with E-state index in [4.69, 9.17) is 11.6 Å². The van der Waals surface area contributed by atoms with Gasteiger partial charge < -0.3 is 10.4 Å². The van der Waals surface area contributed by atoms with Crippen molar-refractivity contribution in [3.8, 4) is 11.1 Å². The predicted octanol–water partition coefficient (Wildman–Crippen LogP) is 6.23. The maximum atomic E-state index is 12.5. The molecule has 0 saturated carbocycles. The zero-order chi connectivity index (χ0) is 21.5. The molecule has 0 fully saturated rings. The Morgan fingerprint density at radius 3 is 2.40 bits per heavy atom. The molecule has 0 spiro atoms. The van der Waals surface area contributed by atoms with Gasteiger partial charge in [-0.05, 0) is 53.3 Å². The zero-order valence-corrected chi connectivity index (χ0v) is 17.6. The van der Waals surface area contributed by atoms with Crippen molar-refractivity contribution in [2.75, 3.05) is 5.32 Å². The van der Waals surface area contributed by atoms with Crippen LogP contribution in [0.3, 0.4) is 0 Å². The van der Waals surface area contributed by atoms with Crippen LogP contribution in [0.4, 0.5) is 5.69 Å². The fourth-order valence-corrected chi connectivity index (χ4v) is 3.46. The number of anilines is 1. The summed E-state index contributed by atoms with van der Waals surface area (Å²) in [5.74, 6) is -1.42. The van der Waals surface area contributed by atoms with E-state index in [1.165, 1.54) is 36.6 Å². The number of hydrogen-bond acceptors (Lipinski definition) is 2. The lowest BCUT2D eigenvalue weighted by Gasteiger charge is -2.10. The second-order valence-corrected chi connectivity index (χ2v) is 7.66. The van der Waals surface area contributed by atoms with Crippen molar-refractivity contribution in [1.82, 2.24) is 0 Å². The summed E-state index contributed by atoms with van der Waals surface area (Å²) < 4.78 is 0. The minimum Gasteiger partial charge on any atom is -0.478 e. The third kappa shape index (κ3) is 5.71. The van der Waals surface area contributed by atoms with Crippen molar-refractivity contribution in [3.63, 3.8) is 0 Å². The van der Waals surface area contributed by atoms with E-state index in [1.807, 2.05) is 24.3 Å². The molecular formula is C25H24ClNO3. The second kappa shape index (κ2) is 10.1. The minimum absolute atomic E-state index is 0.00432. The van der Waals surface area contributed by atoms with Crippen LogP contribution >= 0.6 is 11.6 Å². The summed E-state index contributed by atoms with van der Waals surface area (Å²) in [5, 5.41) is 12.3. The number of carboxylic acid groups (broad SMARTS) is 1. The average molecular weight is 422 g/mol. The fourth-order valence-electron chi connectivity index (χ4n) is 3.29. The lowest BCUT2D eigenvalue weighted by molar-refractivity contribution is -0.115. The van der Waals surface area contributed by atoms with Crippen LogP contribution in [0.1, 0.15) is 41.3 Å². The van der Waals surface area contributed by atoms with Gasteiger partial charge in [-0.1, -0.05) is 73.5 Å². The monoisotopic (exact) mass is 421 g/mol. The molecule has 3 aromatic carbocycles. The smallest absolute Gasteiger partial charge is 0.337 e. The molecule has 154 valence electrons. The molecule has 3 aromatic rings. The Labute approximate surface area is 181 Å². The first-order valence-corrected chi connectivity index (χ1v) is 10.3. The average Bonchev–Trinajstić information content (AvgIpc) is 2.72. The van der Waals surface area contributed by atoms with Crippen molar-refractivity contribution in [2.24, 2.45) is 0 Å². The van der Waals surface area contributed by atoms with Crippen molar-refractivity contribution in [2.45, 2.75) is 32.6 Å². The normalized spacial score (nSPS) is 10.6. The number of aryl methyl sites for hydroxylation is 1. The first-order valence-electron chi connectivity index (χ1n) is 9.97. The number of rotatable bonds is 8. The predicted molar refractivity (Wildman–Crippen MR) is 121 cm³/mol. The number of aromatic carboxylic acids is 1. The van der Waals surface area contributed by atoms with Crippen LogP contribution < -0.4 is 5.32 Å². The molecule has 0 unspecified atom stereocenters. The Hall–Kier alpha value is -3.11. The highest BCUT2D eigenvalue weighted by Crippen LogP contribution is 2.24. The fraction of sp³-hybridized carbons (Fsp3) is 0.200. The molecule has 2 N–H and O–H groups in total. The maximum absolute atomic E-state index is 12.5. The van der Waals surface area contributed by atoms with Crippen LogP contribution in [0, 0.1) is 0 Å². The molecule has 1 amide bonds. The molecular weight excluding hydrogens is 398 g/mol. The minimum atomic E-state index is -1.12. The topological polar surface area (TPSA) is 66.4 Å². The molecule has 0 aliphatic rings. The van der Waals surface area contributed by atoms with Gasteiger partial charge in [0.2, 0.25) is 5.91 Å². The standard InChI is InChI=1S/C25H24ClNO3/c1-2-3-5-17-8-10-19(11-9-17)20-7-4-6-18(14-20)15-24(28)27-23-16-21(26)12-13-22(23)25(29)30/h4,6-14,16H,2-3,5,15H2,1H3,(H,27,28)(H,29,30). The SMILES string of the molecule is CCCCc1ccc(-c2cccc(CC(=O)Nc3cc(Cl)ccc3C(=O)O)c2)cc1. The first-order chi connectivity index (χ1) is 14.5. The number of nitrogens with one attached hydrogen (secondary N) is 1. The summed E-state index contributed by atoms with van der Waals surface area (Å²) in [7, 11) is 0. The van der Waals surface area contributed by atoms with E-state index < -0.39 is 5.97 Å². The van der Waals surface area contributed by atoms with Crippen LogP contribution in [0.15, 0.2) is 66.7 Å². The molecule has 0 radical (unpaired) electrons. The van der Waals surface area contributed by atoms with E-state index in [0.29, 0.717) is 5.02 Å². The van der Waals surface area contributed by atoms with Gasteiger partial charge in [-0.25, -0.2) is 4.79 Å². The number of carbonyl (C=O) groups is 2. The van der Waals surface area contributed by atoms with Crippen molar-refractivity contribution < 1.29 is 14.7 Å². The molecule has 0 aliphatic carbocycles. The summed E-state index contributed by atoms with van der Waals surface area (Å²) in [5.41, 5.74) is 4.51. The Bertz CT molecular complexity index is 1040. The van der Waals surface area contributed by atoms with Gasteiger partial charge in [0, 0.05) is 5.02 Å². The van der Waals surface area contributed by atoms with Gasteiger partial charge >= 0.3 is 5.97 Å².